The number of carbonyl (C=O) groups excluding carboxylic acids is 1. The number of piperidine rings is 1. The maximum atomic E-state index is 12.0. The number of hydrogen-bond donors (Lipinski definition) is 1. The number of nitrogens with two attached hydrogens (primary N) is 1. The highest BCUT2D eigenvalue weighted by Gasteiger charge is 2.25. The molecule has 1 saturated heterocycles. The molecule has 1 amide bonds. The Kier molecular flexibility index (Phi) is 5.26. The average molecular weight is 226 g/mol. The second kappa shape index (κ2) is 6.24. The summed E-state index contributed by atoms with van der Waals surface area (Å²) in [6.07, 6.45) is 2.74. The van der Waals surface area contributed by atoms with Crippen molar-refractivity contribution in [3.8, 4) is 0 Å². The number of rotatable bonds is 4. The van der Waals surface area contributed by atoms with Crippen molar-refractivity contribution in [2.75, 3.05) is 19.6 Å². The molecule has 0 aromatic heterocycles. The Labute approximate surface area is 99.4 Å². The molecule has 1 rings (SSSR count). The number of likely N-dealkylation sites (tertiary alicyclic amines) is 1. The minimum Gasteiger partial charge on any atom is -0.342 e. The minimum atomic E-state index is 0.319. The molecule has 0 bridgehead atoms. The lowest BCUT2D eigenvalue weighted by Gasteiger charge is -2.35. The van der Waals surface area contributed by atoms with E-state index in [-0.39, 0.29) is 0 Å². The topological polar surface area (TPSA) is 46.3 Å². The molecule has 1 aliphatic rings. The highest BCUT2D eigenvalue weighted by Crippen LogP contribution is 2.23. The first kappa shape index (κ1) is 13.5. The smallest absolute Gasteiger partial charge is 0.222 e. The van der Waals surface area contributed by atoms with Crippen molar-refractivity contribution in [2.45, 2.75) is 40.0 Å². The van der Waals surface area contributed by atoms with Gasteiger partial charge in [-0.25, -0.2) is 0 Å². The summed E-state index contributed by atoms with van der Waals surface area (Å²) in [4.78, 5) is 14.0. The third-order valence-electron chi connectivity index (χ3n) is 3.94. The monoisotopic (exact) mass is 226 g/mol. The molecule has 2 N–H and O–H groups in total. The fourth-order valence-corrected chi connectivity index (χ4v) is 2.14. The Morgan fingerprint density at radius 2 is 2.12 bits per heavy atom. The van der Waals surface area contributed by atoms with Crippen LogP contribution in [-0.4, -0.2) is 30.4 Å². The quantitative estimate of drug-likeness (QED) is 0.795. The van der Waals surface area contributed by atoms with Gasteiger partial charge in [0.05, 0.1) is 0 Å². The van der Waals surface area contributed by atoms with Crippen molar-refractivity contribution in [3.05, 3.63) is 0 Å². The molecule has 16 heavy (non-hydrogen) atoms. The van der Waals surface area contributed by atoms with Gasteiger partial charge in [0.2, 0.25) is 5.91 Å². The first-order valence-electron chi connectivity index (χ1n) is 6.52. The zero-order valence-corrected chi connectivity index (χ0v) is 10.9. The van der Waals surface area contributed by atoms with E-state index in [1.807, 2.05) is 4.90 Å². The number of nitrogens with zero attached hydrogens (tertiary/aromatic N) is 1. The summed E-state index contributed by atoms with van der Waals surface area (Å²) >= 11 is 0. The maximum Gasteiger partial charge on any atom is 0.222 e. The van der Waals surface area contributed by atoms with E-state index in [0.29, 0.717) is 30.7 Å². The lowest BCUT2D eigenvalue weighted by Crippen LogP contribution is -2.42. The van der Waals surface area contributed by atoms with Gasteiger partial charge in [-0.3, -0.25) is 4.79 Å². The second-order valence-corrected chi connectivity index (χ2v) is 5.46. The van der Waals surface area contributed by atoms with E-state index >= 15 is 0 Å². The van der Waals surface area contributed by atoms with Crippen molar-refractivity contribution in [2.24, 2.45) is 23.5 Å². The van der Waals surface area contributed by atoms with Crippen LogP contribution in [0.1, 0.15) is 40.0 Å². The van der Waals surface area contributed by atoms with Gasteiger partial charge in [-0.05, 0) is 37.1 Å². The highest BCUT2D eigenvalue weighted by atomic mass is 16.2. The third-order valence-corrected chi connectivity index (χ3v) is 3.94. The Bertz CT molecular complexity index is 230. The summed E-state index contributed by atoms with van der Waals surface area (Å²) in [7, 11) is 0. The number of carbonyl (C=O) groups is 1. The molecule has 3 nitrogen and oxygen atoms in total. The summed E-state index contributed by atoms with van der Waals surface area (Å²) < 4.78 is 0. The normalized spacial score (nSPS) is 27.9. The lowest BCUT2D eigenvalue weighted by atomic mass is 9.88. The summed E-state index contributed by atoms with van der Waals surface area (Å²) in [5.41, 5.74) is 5.55. The maximum absolute atomic E-state index is 12.0. The van der Waals surface area contributed by atoms with Gasteiger partial charge >= 0.3 is 0 Å². The third kappa shape index (κ3) is 3.78. The van der Waals surface area contributed by atoms with E-state index in [1.54, 1.807) is 0 Å². The largest absolute Gasteiger partial charge is 0.342 e. The van der Waals surface area contributed by atoms with Crippen LogP contribution in [0.15, 0.2) is 0 Å². The molecular formula is C13H26N2O. The highest BCUT2D eigenvalue weighted by molar-refractivity contribution is 5.76. The molecular weight excluding hydrogens is 200 g/mol. The van der Waals surface area contributed by atoms with Crippen LogP contribution in [0, 0.1) is 17.8 Å². The zero-order valence-electron chi connectivity index (χ0n) is 10.9. The molecule has 0 spiro atoms. The van der Waals surface area contributed by atoms with Gasteiger partial charge in [0, 0.05) is 19.5 Å². The van der Waals surface area contributed by atoms with Crippen molar-refractivity contribution < 1.29 is 4.79 Å². The van der Waals surface area contributed by atoms with Crippen LogP contribution in [0.25, 0.3) is 0 Å². The Balaban J connectivity index is 2.32. The molecule has 3 unspecified atom stereocenters. The standard InChI is InChI=1S/C13H26N2O/c1-10(8-14)4-5-13(16)15-7-6-11(2)12(3)9-15/h10-12H,4-9,14H2,1-3H3. The van der Waals surface area contributed by atoms with Gasteiger partial charge in [0.25, 0.3) is 0 Å². The lowest BCUT2D eigenvalue weighted by molar-refractivity contribution is -0.133. The SMILES string of the molecule is CC(CN)CCC(=O)N1CCC(C)C(C)C1. The van der Waals surface area contributed by atoms with Gasteiger partial charge in [0.15, 0.2) is 0 Å². The van der Waals surface area contributed by atoms with Crippen molar-refractivity contribution in [1.82, 2.24) is 4.90 Å². The predicted molar refractivity (Wildman–Crippen MR) is 67.0 cm³/mol. The summed E-state index contributed by atoms with van der Waals surface area (Å²) in [5.74, 6) is 2.18. The molecule has 1 aliphatic heterocycles. The summed E-state index contributed by atoms with van der Waals surface area (Å²) in [6.45, 7) is 9.20. The van der Waals surface area contributed by atoms with Crippen LogP contribution in [0.3, 0.4) is 0 Å². The van der Waals surface area contributed by atoms with E-state index in [0.717, 1.165) is 31.8 Å². The molecule has 0 aromatic rings. The van der Waals surface area contributed by atoms with Crippen LogP contribution < -0.4 is 5.73 Å². The molecule has 0 saturated carbocycles. The first-order chi connectivity index (χ1) is 7.54. The Morgan fingerprint density at radius 1 is 1.44 bits per heavy atom. The van der Waals surface area contributed by atoms with Gasteiger partial charge in [-0.2, -0.15) is 0 Å². The average Bonchev–Trinajstić information content (AvgIpc) is 2.29. The van der Waals surface area contributed by atoms with Crippen LogP contribution >= 0.6 is 0 Å². The molecule has 3 heteroatoms. The van der Waals surface area contributed by atoms with Crippen molar-refractivity contribution >= 4 is 5.91 Å². The van der Waals surface area contributed by atoms with Crippen molar-refractivity contribution in [1.29, 1.82) is 0 Å². The van der Waals surface area contributed by atoms with Gasteiger partial charge in [0.1, 0.15) is 0 Å². The van der Waals surface area contributed by atoms with E-state index in [1.165, 1.54) is 0 Å². The zero-order chi connectivity index (χ0) is 12.1. The van der Waals surface area contributed by atoms with E-state index in [2.05, 4.69) is 20.8 Å². The first-order valence-corrected chi connectivity index (χ1v) is 6.52. The Hall–Kier alpha value is -0.570. The van der Waals surface area contributed by atoms with Crippen LogP contribution in [0.5, 0.6) is 0 Å². The van der Waals surface area contributed by atoms with Gasteiger partial charge in [-0.15, -0.1) is 0 Å². The van der Waals surface area contributed by atoms with Crippen LogP contribution in [0.4, 0.5) is 0 Å². The molecule has 0 radical (unpaired) electrons. The molecule has 1 heterocycles. The fourth-order valence-electron chi connectivity index (χ4n) is 2.14. The van der Waals surface area contributed by atoms with E-state index in [9.17, 15) is 4.79 Å². The number of hydrogen-bond acceptors (Lipinski definition) is 2. The van der Waals surface area contributed by atoms with Crippen LogP contribution in [0.2, 0.25) is 0 Å². The molecule has 1 fully saturated rings. The molecule has 3 atom stereocenters. The van der Waals surface area contributed by atoms with Crippen molar-refractivity contribution in [3.63, 3.8) is 0 Å². The fraction of sp³-hybridized carbons (Fsp3) is 0.923. The Morgan fingerprint density at radius 3 is 2.69 bits per heavy atom. The minimum absolute atomic E-state index is 0.319. The van der Waals surface area contributed by atoms with E-state index < -0.39 is 0 Å². The summed E-state index contributed by atoms with van der Waals surface area (Å²) in [5, 5.41) is 0. The van der Waals surface area contributed by atoms with Gasteiger partial charge < -0.3 is 10.6 Å². The molecule has 0 aromatic carbocycles. The predicted octanol–water partition coefficient (Wildman–Crippen LogP) is 1.87. The molecule has 0 aliphatic carbocycles. The second-order valence-electron chi connectivity index (χ2n) is 5.46. The van der Waals surface area contributed by atoms with E-state index in [4.69, 9.17) is 5.73 Å². The van der Waals surface area contributed by atoms with Gasteiger partial charge in [-0.1, -0.05) is 20.8 Å². The van der Waals surface area contributed by atoms with Crippen LogP contribution in [-0.2, 0) is 4.79 Å². The summed E-state index contributed by atoms with van der Waals surface area (Å²) in [6, 6.07) is 0. The number of amides is 1. The molecule has 94 valence electrons.